The van der Waals surface area contributed by atoms with Crippen molar-refractivity contribution in [3.05, 3.63) is 21.4 Å². The predicted octanol–water partition coefficient (Wildman–Crippen LogP) is 3.89. The second-order valence-corrected chi connectivity index (χ2v) is 7.07. The molecule has 1 saturated heterocycles. The molecule has 0 radical (unpaired) electrons. The van der Waals surface area contributed by atoms with Crippen molar-refractivity contribution >= 4 is 17.2 Å². The van der Waals surface area contributed by atoms with E-state index in [1.54, 1.807) is 11.3 Å². The number of thiophene rings is 1. The topological polar surface area (TPSA) is 20.3 Å². The molecule has 0 saturated carbocycles. The molecular formula is C16H23NOS. The Morgan fingerprint density at radius 2 is 2.16 bits per heavy atom. The lowest BCUT2D eigenvalue weighted by Gasteiger charge is -2.26. The lowest BCUT2D eigenvalue weighted by Crippen LogP contribution is -2.35. The molecule has 0 bridgehead atoms. The van der Waals surface area contributed by atoms with Gasteiger partial charge in [0.15, 0.2) is 0 Å². The molecule has 3 rings (SSSR count). The second kappa shape index (κ2) is 5.66. The molecule has 1 fully saturated rings. The Bertz CT molecular complexity index is 459. The molecule has 1 atom stereocenters. The van der Waals surface area contributed by atoms with Crippen LogP contribution >= 0.6 is 11.3 Å². The van der Waals surface area contributed by atoms with Crippen LogP contribution in [0.1, 0.15) is 59.1 Å². The largest absolute Gasteiger partial charge is 0.338 e. The lowest BCUT2D eigenvalue weighted by molar-refractivity contribution is 0.0729. The average Bonchev–Trinajstić information content (AvgIpc) is 2.90. The van der Waals surface area contributed by atoms with E-state index in [0.717, 1.165) is 23.9 Å². The minimum absolute atomic E-state index is 0.284. The minimum atomic E-state index is 0.284. The van der Waals surface area contributed by atoms with Crippen molar-refractivity contribution in [3.8, 4) is 0 Å². The van der Waals surface area contributed by atoms with Gasteiger partial charge >= 0.3 is 0 Å². The molecule has 1 amide bonds. The highest BCUT2D eigenvalue weighted by Crippen LogP contribution is 2.34. The third-order valence-electron chi connectivity index (χ3n) is 4.62. The second-order valence-electron chi connectivity index (χ2n) is 5.93. The van der Waals surface area contributed by atoms with Crippen molar-refractivity contribution < 1.29 is 4.79 Å². The number of hydrogen-bond acceptors (Lipinski definition) is 2. The Hall–Kier alpha value is -0.830. The van der Waals surface area contributed by atoms with Gasteiger partial charge < -0.3 is 4.90 Å². The van der Waals surface area contributed by atoms with Crippen LogP contribution in [0.15, 0.2) is 6.07 Å². The van der Waals surface area contributed by atoms with E-state index in [4.69, 9.17) is 0 Å². The van der Waals surface area contributed by atoms with Crippen molar-refractivity contribution in [2.75, 3.05) is 13.1 Å². The number of aryl methyl sites for hydroxylation is 1. The molecule has 0 spiro atoms. The molecule has 2 nitrogen and oxygen atoms in total. The summed E-state index contributed by atoms with van der Waals surface area (Å²) in [7, 11) is 0. The standard InChI is InChI=1S/C16H23NOS/c1-2-12-6-7-14-13(10-12)11-15(19-14)16(18)17-8-4-3-5-9-17/h11-12H,2-10H2,1H3/t12-/m0/s1. The van der Waals surface area contributed by atoms with Crippen LogP contribution in [0, 0.1) is 5.92 Å². The van der Waals surface area contributed by atoms with E-state index in [-0.39, 0.29) is 5.91 Å². The van der Waals surface area contributed by atoms with Gasteiger partial charge in [0.25, 0.3) is 5.91 Å². The number of nitrogens with zero attached hydrogens (tertiary/aromatic N) is 1. The number of likely N-dealkylation sites (tertiary alicyclic amines) is 1. The summed E-state index contributed by atoms with van der Waals surface area (Å²) in [5, 5.41) is 0. The molecule has 2 heterocycles. The van der Waals surface area contributed by atoms with E-state index in [1.165, 1.54) is 55.4 Å². The molecule has 1 aliphatic carbocycles. The monoisotopic (exact) mass is 277 g/mol. The Labute approximate surface area is 119 Å². The lowest BCUT2D eigenvalue weighted by atomic mass is 9.87. The van der Waals surface area contributed by atoms with Crippen LogP contribution in [0.25, 0.3) is 0 Å². The summed E-state index contributed by atoms with van der Waals surface area (Å²) in [5.41, 5.74) is 1.46. The first-order valence-electron chi connectivity index (χ1n) is 7.68. The molecule has 1 aliphatic heterocycles. The summed E-state index contributed by atoms with van der Waals surface area (Å²) in [6, 6.07) is 2.19. The van der Waals surface area contributed by atoms with Gasteiger partial charge in [-0.3, -0.25) is 4.79 Å². The molecule has 19 heavy (non-hydrogen) atoms. The van der Waals surface area contributed by atoms with Gasteiger partial charge in [-0.05, 0) is 56.1 Å². The van der Waals surface area contributed by atoms with E-state index < -0.39 is 0 Å². The van der Waals surface area contributed by atoms with Gasteiger partial charge in [0, 0.05) is 18.0 Å². The number of carbonyl (C=O) groups excluding carboxylic acids is 1. The zero-order valence-corrected chi connectivity index (χ0v) is 12.6. The van der Waals surface area contributed by atoms with Gasteiger partial charge in [0.1, 0.15) is 0 Å². The van der Waals surface area contributed by atoms with Crippen LogP contribution in [0.3, 0.4) is 0 Å². The molecule has 2 aliphatic rings. The maximum Gasteiger partial charge on any atom is 0.263 e. The fourth-order valence-corrected chi connectivity index (χ4v) is 4.48. The van der Waals surface area contributed by atoms with Crippen molar-refractivity contribution in [1.82, 2.24) is 4.90 Å². The number of fused-ring (bicyclic) bond motifs is 1. The van der Waals surface area contributed by atoms with E-state index in [2.05, 4.69) is 17.9 Å². The first kappa shape index (κ1) is 13.2. The molecule has 0 aromatic carbocycles. The van der Waals surface area contributed by atoms with Gasteiger partial charge in [-0.2, -0.15) is 0 Å². The molecule has 1 aromatic heterocycles. The van der Waals surface area contributed by atoms with Crippen LogP contribution in [0.5, 0.6) is 0 Å². The van der Waals surface area contributed by atoms with Gasteiger partial charge in [-0.25, -0.2) is 0 Å². The number of amides is 1. The first-order chi connectivity index (χ1) is 9.28. The fourth-order valence-electron chi connectivity index (χ4n) is 3.31. The van der Waals surface area contributed by atoms with Crippen molar-refractivity contribution in [3.63, 3.8) is 0 Å². The normalized spacial score (nSPS) is 23.2. The molecule has 0 N–H and O–H groups in total. The van der Waals surface area contributed by atoms with E-state index >= 15 is 0 Å². The molecule has 0 unspecified atom stereocenters. The Balaban J connectivity index is 1.75. The van der Waals surface area contributed by atoms with Crippen molar-refractivity contribution in [1.29, 1.82) is 0 Å². The smallest absolute Gasteiger partial charge is 0.263 e. The van der Waals surface area contributed by atoms with Crippen LogP contribution in [0.4, 0.5) is 0 Å². The van der Waals surface area contributed by atoms with Crippen molar-refractivity contribution in [2.45, 2.75) is 51.9 Å². The van der Waals surface area contributed by atoms with Gasteiger partial charge in [0.2, 0.25) is 0 Å². The summed E-state index contributed by atoms with van der Waals surface area (Å²) >= 11 is 1.76. The minimum Gasteiger partial charge on any atom is -0.338 e. The van der Waals surface area contributed by atoms with Crippen LogP contribution in [0.2, 0.25) is 0 Å². The third-order valence-corrected chi connectivity index (χ3v) is 5.84. The summed E-state index contributed by atoms with van der Waals surface area (Å²) in [6.45, 7) is 4.19. The van der Waals surface area contributed by atoms with Crippen LogP contribution in [-0.2, 0) is 12.8 Å². The molecular weight excluding hydrogens is 254 g/mol. The maximum absolute atomic E-state index is 12.5. The quantitative estimate of drug-likeness (QED) is 0.803. The average molecular weight is 277 g/mol. The van der Waals surface area contributed by atoms with Crippen LogP contribution in [-0.4, -0.2) is 23.9 Å². The first-order valence-corrected chi connectivity index (χ1v) is 8.50. The molecule has 3 heteroatoms. The summed E-state index contributed by atoms with van der Waals surface area (Å²) in [4.78, 5) is 17.0. The predicted molar refractivity (Wildman–Crippen MR) is 79.9 cm³/mol. The molecule has 1 aromatic rings. The van der Waals surface area contributed by atoms with E-state index in [1.807, 2.05) is 0 Å². The number of carbonyl (C=O) groups is 1. The number of piperidine rings is 1. The molecule has 104 valence electrons. The fraction of sp³-hybridized carbons (Fsp3) is 0.688. The summed E-state index contributed by atoms with van der Waals surface area (Å²) in [6.07, 6.45) is 8.58. The highest BCUT2D eigenvalue weighted by Gasteiger charge is 2.24. The third kappa shape index (κ3) is 2.71. The Kier molecular flexibility index (Phi) is 3.92. The number of rotatable bonds is 2. The number of hydrogen-bond donors (Lipinski definition) is 0. The zero-order chi connectivity index (χ0) is 13.2. The summed E-state index contributed by atoms with van der Waals surface area (Å²) < 4.78 is 0. The van der Waals surface area contributed by atoms with Crippen LogP contribution < -0.4 is 0 Å². The SMILES string of the molecule is CC[C@H]1CCc2sc(C(=O)N3CCCCC3)cc2C1. The summed E-state index contributed by atoms with van der Waals surface area (Å²) in [5.74, 6) is 1.12. The highest BCUT2D eigenvalue weighted by molar-refractivity contribution is 7.14. The van der Waals surface area contributed by atoms with Crippen molar-refractivity contribution in [2.24, 2.45) is 5.92 Å². The highest BCUT2D eigenvalue weighted by atomic mass is 32.1. The maximum atomic E-state index is 12.5. The Morgan fingerprint density at radius 3 is 2.89 bits per heavy atom. The van der Waals surface area contributed by atoms with Gasteiger partial charge in [-0.15, -0.1) is 11.3 Å². The van der Waals surface area contributed by atoms with E-state index in [0.29, 0.717) is 0 Å². The van der Waals surface area contributed by atoms with Gasteiger partial charge in [0.05, 0.1) is 4.88 Å². The Morgan fingerprint density at radius 1 is 1.37 bits per heavy atom. The van der Waals surface area contributed by atoms with Gasteiger partial charge in [-0.1, -0.05) is 13.3 Å². The van der Waals surface area contributed by atoms with E-state index in [9.17, 15) is 4.79 Å². The zero-order valence-electron chi connectivity index (χ0n) is 11.8.